The summed E-state index contributed by atoms with van der Waals surface area (Å²) >= 11 is 1.63. The summed E-state index contributed by atoms with van der Waals surface area (Å²) in [7, 11) is 1.70. The van der Waals surface area contributed by atoms with Crippen LogP contribution in [-0.2, 0) is 11.2 Å². The minimum atomic E-state index is 0.695. The molecule has 2 aromatic rings. The first-order valence-electron chi connectivity index (χ1n) is 6.11. The number of benzene rings is 1. The lowest BCUT2D eigenvalue weighted by Gasteiger charge is -2.01. The Kier molecular flexibility index (Phi) is 4.73. The molecule has 18 heavy (non-hydrogen) atoms. The summed E-state index contributed by atoms with van der Waals surface area (Å²) in [6.07, 6.45) is 1.07. The van der Waals surface area contributed by atoms with E-state index in [-0.39, 0.29) is 0 Å². The lowest BCUT2D eigenvalue weighted by Crippen LogP contribution is -2.06. The maximum Gasteiger partial charge on any atom is 0.183 e. The van der Waals surface area contributed by atoms with Gasteiger partial charge in [0.05, 0.1) is 12.3 Å². The first-order valence-corrected chi connectivity index (χ1v) is 6.99. The average molecular weight is 262 g/mol. The molecule has 2 rings (SSSR count). The Morgan fingerprint density at radius 3 is 2.72 bits per heavy atom. The normalized spacial score (nSPS) is 10.6. The highest BCUT2D eigenvalue weighted by Gasteiger charge is 2.03. The van der Waals surface area contributed by atoms with Crippen molar-refractivity contribution in [3.63, 3.8) is 0 Å². The summed E-state index contributed by atoms with van der Waals surface area (Å²) in [6, 6.07) is 8.58. The van der Waals surface area contributed by atoms with E-state index in [9.17, 15) is 0 Å². The van der Waals surface area contributed by atoms with Gasteiger partial charge in [-0.25, -0.2) is 4.98 Å². The third-order valence-electron chi connectivity index (χ3n) is 2.74. The second kappa shape index (κ2) is 6.52. The van der Waals surface area contributed by atoms with Crippen LogP contribution < -0.4 is 5.32 Å². The van der Waals surface area contributed by atoms with E-state index in [4.69, 9.17) is 4.74 Å². The summed E-state index contributed by atoms with van der Waals surface area (Å²) in [6.45, 7) is 3.65. The van der Waals surface area contributed by atoms with Crippen LogP contribution in [0.1, 0.15) is 12.5 Å². The maximum absolute atomic E-state index is 4.99. The van der Waals surface area contributed by atoms with Crippen LogP contribution in [0.25, 0.3) is 11.3 Å². The molecule has 0 saturated carbocycles. The molecule has 4 heteroatoms. The summed E-state index contributed by atoms with van der Waals surface area (Å²) < 4.78 is 4.99. The summed E-state index contributed by atoms with van der Waals surface area (Å²) in [5.41, 5.74) is 3.55. The van der Waals surface area contributed by atoms with Crippen molar-refractivity contribution in [3.8, 4) is 11.3 Å². The van der Waals surface area contributed by atoms with E-state index in [1.807, 2.05) is 0 Å². The van der Waals surface area contributed by atoms with Crippen LogP contribution in [0, 0.1) is 0 Å². The van der Waals surface area contributed by atoms with E-state index < -0.39 is 0 Å². The molecule has 1 heterocycles. The molecule has 1 N–H and O–H groups in total. The third-order valence-corrected chi connectivity index (χ3v) is 3.54. The number of methoxy groups -OCH3 is 1. The van der Waals surface area contributed by atoms with Crippen LogP contribution in [0.5, 0.6) is 0 Å². The van der Waals surface area contributed by atoms with Gasteiger partial charge in [0.25, 0.3) is 0 Å². The zero-order chi connectivity index (χ0) is 12.8. The monoisotopic (exact) mass is 262 g/mol. The van der Waals surface area contributed by atoms with Crippen LogP contribution in [0.2, 0.25) is 0 Å². The van der Waals surface area contributed by atoms with Crippen LogP contribution >= 0.6 is 11.3 Å². The lowest BCUT2D eigenvalue weighted by atomic mass is 10.1. The van der Waals surface area contributed by atoms with Crippen molar-refractivity contribution >= 4 is 16.5 Å². The van der Waals surface area contributed by atoms with E-state index >= 15 is 0 Å². The second-order valence-electron chi connectivity index (χ2n) is 4.01. The van der Waals surface area contributed by atoms with Crippen molar-refractivity contribution in [2.24, 2.45) is 0 Å². The molecule has 1 aromatic carbocycles. The predicted octanol–water partition coefficient (Wildman–Crippen LogP) is 3.43. The number of thiazole rings is 1. The number of hydrogen-bond acceptors (Lipinski definition) is 4. The highest BCUT2D eigenvalue weighted by molar-refractivity contribution is 7.14. The third kappa shape index (κ3) is 3.31. The van der Waals surface area contributed by atoms with Crippen LogP contribution in [0.3, 0.4) is 0 Å². The standard InChI is InChI=1S/C14H18N2OS/c1-3-11-4-6-12(7-5-11)13-10-18-14(16-13)15-8-9-17-2/h4-7,10H,3,8-9H2,1-2H3,(H,15,16). The predicted molar refractivity (Wildman–Crippen MR) is 77.3 cm³/mol. The van der Waals surface area contributed by atoms with Crippen LogP contribution in [-0.4, -0.2) is 25.2 Å². The lowest BCUT2D eigenvalue weighted by molar-refractivity contribution is 0.211. The van der Waals surface area contributed by atoms with Gasteiger partial charge in [0.15, 0.2) is 5.13 Å². The average Bonchev–Trinajstić information content (AvgIpc) is 2.88. The van der Waals surface area contributed by atoms with Crippen LogP contribution in [0.4, 0.5) is 5.13 Å². The van der Waals surface area contributed by atoms with Crippen LogP contribution in [0.15, 0.2) is 29.6 Å². The zero-order valence-corrected chi connectivity index (χ0v) is 11.6. The van der Waals surface area contributed by atoms with Gasteiger partial charge in [0.2, 0.25) is 0 Å². The highest BCUT2D eigenvalue weighted by Crippen LogP contribution is 2.25. The van der Waals surface area contributed by atoms with Gasteiger partial charge >= 0.3 is 0 Å². The fourth-order valence-corrected chi connectivity index (χ4v) is 2.41. The minimum absolute atomic E-state index is 0.695. The van der Waals surface area contributed by atoms with E-state index in [0.717, 1.165) is 23.8 Å². The van der Waals surface area contributed by atoms with E-state index in [1.54, 1.807) is 18.4 Å². The van der Waals surface area contributed by atoms with E-state index in [2.05, 4.69) is 46.9 Å². The number of aromatic nitrogens is 1. The van der Waals surface area contributed by atoms with Gasteiger partial charge in [-0.2, -0.15) is 0 Å². The fraction of sp³-hybridized carbons (Fsp3) is 0.357. The van der Waals surface area contributed by atoms with E-state index in [0.29, 0.717) is 6.61 Å². The Balaban J connectivity index is 2.04. The van der Waals surface area contributed by atoms with Crippen molar-refractivity contribution < 1.29 is 4.74 Å². The first kappa shape index (κ1) is 13.1. The first-order chi connectivity index (χ1) is 8.83. The Bertz CT molecular complexity index is 479. The molecule has 0 aliphatic carbocycles. The van der Waals surface area contributed by atoms with Gasteiger partial charge < -0.3 is 10.1 Å². The Morgan fingerprint density at radius 2 is 2.06 bits per heavy atom. The quantitative estimate of drug-likeness (QED) is 0.810. The van der Waals surface area contributed by atoms with Crippen molar-refractivity contribution in [2.75, 3.05) is 25.6 Å². The molecule has 0 amide bonds. The molecule has 1 aromatic heterocycles. The zero-order valence-electron chi connectivity index (χ0n) is 10.8. The summed E-state index contributed by atoms with van der Waals surface area (Å²) in [5, 5.41) is 6.27. The molecule has 0 atom stereocenters. The van der Waals surface area contributed by atoms with Crippen molar-refractivity contribution in [1.29, 1.82) is 0 Å². The Morgan fingerprint density at radius 1 is 1.28 bits per heavy atom. The van der Waals surface area contributed by atoms with Gasteiger partial charge in [0.1, 0.15) is 0 Å². The molecule has 0 bridgehead atoms. The molecule has 96 valence electrons. The van der Waals surface area contributed by atoms with Gasteiger partial charge in [-0.15, -0.1) is 11.3 Å². The molecule has 0 aliphatic rings. The minimum Gasteiger partial charge on any atom is -0.383 e. The van der Waals surface area contributed by atoms with Gasteiger partial charge in [-0.3, -0.25) is 0 Å². The molecule has 0 aliphatic heterocycles. The topological polar surface area (TPSA) is 34.1 Å². The number of rotatable bonds is 6. The fourth-order valence-electron chi connectivity index (χ4n) is 1.66. The molecule has 0 unspecified atom stereocenters. The smallest absolute Gasteiger partial charge is 0.183 e. The molecule has 0 saturated heterocycles. The molecular formula is C14H18N2OS. The molecule has 3 nitrogen and oxygen atoms in total. The molecule has 0 fully saturated rings. The number of hydrogen-bond donors (Lipinski definition) is 1. The van der Waals surface area contributed by atoms with E-state index in [1.165, 1.54) is 11.1 Å². The summed E-state index contributed by atoms with van der Waals surface area (Å²) in [4.78, 5) is 4.56. The maximum atomic E-state index is 4.99. The number of aryl methyl sites for hydroxylation is 1. The van der Waals surface area contributed by atoms with Gasteiger partial charge in [-0.05, 0) is 12.0 Å². The number of nitrogens with zero attached hydrogens (tertiary/aromatic N) is 1. The molecule has 0 radical (unpaired) electrons. The number of ether oxygens (including phenoxy) is 1. The van der Waals surface area contributed by atoms with Crippen molar-refractivity contribution in [1.82, 2.24) is 4.98 Å². The molecule has 0 spiro atoms. The van der Waals surface area contributed by atoms with Crippen molar-refractivity contribution in [2.45, 2.75) is 13.3 Å². The number of anilines is 1. The Hall–Kier alpha value is -1.39. The molecular weight excluding hydrogens is 244 g/mol. The Labute approximate surface area is 112 Å². The summed E-state index contributed by atoms with van der Waals surface area (Å²) in [5.74, 6) is 0. The number of nitrogens with one attached hydrogen (secondary N) is 1. The second-order valence-corrected chi connectivity index (χ2v) is 4.87. The highest BCUT2D eigenvalue weighted by atomic mass is 32.1. The van der Waals surface area contributed by atoms with Gasteiger partial charge in [0, 0.05) is 24.6 Å². The van der Waals surface area contributed by atoms with Crippen molar-refractivity contribution in [3.05, 3.63) is 35.2 Å². The SMILES string of the molecule is CCc1ccc(-c2csc(NCCOC)n2)cc1. The van der Waals surface area contributed by atoms with Gasteiger partial charge in [-0.1, -0.05) is 31.2 Å². The largest absolute Gasteiger partial charge is 0.383 e.